The molecule has 1 aliphatic rings. The summed E-state index contributed by atoms with van der Waals surface area (Å²) in [4.78, 5) is 42.7. The molecular formula is C32H36N4O4. The molecule has 0 atom stereocenters. The van der Waals surface area contributed by atoms with Crippen molar-refractivity contribution in [3.8, 4) is 5.75 Å². The number of aromatic nitrogens is 2. The number of ether oxygens (including phenoxy) is 1. The smallest absolute Gasteiger partial charge is 0.326 e. The summed E-state index contributed by atoms with van der Waals surface area (Å²) in [6.45, 7) is 5.84. The van der Waals surface area contributed by atoms with Gasteiger partial charge in [0.05, 0.1) is 18.1 Å². The Morgan fingerprint density at radius 2 is 1.68 bits per heavy atom. The Hall–Kier alpha value is -4.33. The Balaban J connectivity index is 1.10. The van der Waals surface area contributed by atoms with E-state index in [4.69, 9.17) is 4.74 Å². The number of H-pyrrole nitrogens is 1. The predicted molar refractivity (Wildman–Crippen MR) is 157 cm³/mol. The van der Waals surface area contributed by atoms with Crippen LogP contribution in [0, 0.1) is 13.8 Å². The van der Waals surface area contributed by atoms with Gasteiger partial charge in [-0.2, -0.15) is 0 Å². The predicted octanol–water partition coefficient (Wildman–Crippen LogP) is 5.39. The molecule has 0 bridgehead atoms. The van der Waals surface area contributed by atoms with Crippen molar-refractivity contribution in [1.82, 2.24) is 14.5 Å². The highest BCUT2D eigenvalue weighted by atomic mass is 16.5. The average Bonchev–Trinajstić information content (AvgIpc) is 3.28. The molecule has 0 saturated carbocycles. The molecule has 4 aromatic rings. The van der Waals surface area contributed by atoms with Gasteiger partial charge in [-0.1, -0.05) is 24.3 Å². The molecule has 40 heavy (non-hydrogen) atoms. The van der Waals surface area contributed by atoms with Crippen LogP contribution in [0.3, 0.4) is 0 Å². The normalized spacial score (nSPS) is 13.9. The minimum absolute atomic E-state index is 0.0694. The Labute approximate surface area is 234 Å². The molecule has 0 spiro atoms. The zero-order chi connectivity index (χ0) is 28.2. The lowest BCUT2D eigenvalue weighted by atomic mass is 9.89. The highest BCUT2D eigenvalue weighted by Gasteiger charge is 2.25. The minimum atomic E-state index is -0.154. The summed E-state index contributed by atoms with van der Waals surface area (Å²) in [5.74, 6) is 1.20. The second-order valence-electron chi connectivity index (χ2n) is 10.6. The maximum atomic E-state index is 13.1. The highest BCUT2D eigenvalue weighted by molar-refractivity contribution is 5.95. The Morgan fingerprint density at radius 1 is 1.00 bits per heavy atom. The van der Waals surface area contributed by atoms with Gasteiger partial charge >= 0.3 is 5.69 Å². The van der Waals surface area contributed by atoms with Gasteiger partial charge in [-0.05, 0) is 92.1 Å². The molecule has 208 valence electrons. The SMILES string of the molecule is COc1c(C)cc(C(=O)N2CCC(c3ccc(NC(=O)CCCn4c(=O)[nH]c5ccccc54)cc3)CC2)cc1C. The Morgan fingerprint density at radius 3 is 2.35 bits per heavy atom. The largest absolute Gasteiger partial charge is 0.496 e. The van der Waals surface area contributed by atoms with E-state index in [1.807, 2.05) is 67.3 Å². The monoisotopic (exact) mass is 540 g/mol. The second kappa shape index (κ2) is 11.8. The second-order valence-corrected chi connectivity index (χ2v) is 10.6. The van der Waals surface area contributed by atoms with E-state index in [0.29, 0.717) is 44.0 Å². The number of aromatic amines is 1. The molecule has 8 nitrogen and oxygen atoms in total. The number of fused-ring (bicyclic) bond motifs is 1. The Kier molecular flexibility index (Phi) is 8.05. The van der Waals surface area contributed by atoms with E-state index < -0.39 is 0 Å². The molecule has 5 rings (SSSR count). The van der Waals surface area contributed by atoms with Crippen molar-refractivity contribution in [3.63, 3.8) is 0 Å². The summed E-state index contributed by atoms with van der Waals surface area (Å²) in [6.07, 6.45) is 2.70. The van der Waals surface area contributed by atoms with E-state index in [0.717, 1.165) is 46.4 Å². The fourth-order valence-electron chi connectivity index (χ4n) is 5.78. The first kappa shape index (κ1) is 27.2. The van der Waals surface area contributed by atoms with E-state index in [1.165, 1.54) is 5.56 Å². The first-order valence-corrected chi connectivity index (χ1v) is 13.9. The highest BCUT2D eigenvalue weighted by Crippen LogP contribution is 2.31. The van der Waals surface area contributed by atoms with Crippen LogP contribution in [0.5, 0.6) is 5.75 Å². The number of piperidine rings is 1. The van der Waals surface area contributed by atoms with E-state index in [1.54, 1.807) is 11.7 Å². The van der Waals surface area contributed by atoms with Gasteiger partial charge in [-0.25, -0.2) is 4.79 Å². The van der Waals surface area contributed by atoms with Crippen LogP contribution in [-0.2, 0) is 11.3 Å². The van der Waals surface area contributed by atoms with Gasteiger partial charge in [0.15, 0.2) is 0 Å². The van der Waals surface area contributed by atoms with Gasteiger partial charge in [0.2, 0.25) is 5.91 Å². The van der Waals surface area contributed by atoms with E-state index in [2.05, 4.69) is 22.4 Å². The first-order chi connectivity index (χ1) is 19.3. The quantitative estimate of drug-likeness (QED) is 0.313. The molecular weight excluding hydrogens is 504 g/mol. The number of carbonyl (C=O) groups excluding carboxylic acids is 2. The zero-order valence-corrected chi connectivity index (χ0v) is 23.3. The molecule has 0 unspecified atom stereocenters. The van der Waals surface area contributed by atoms with Crippen LogP contribution in [0.2, 0.25) is 0 Å². The molecule has 1 aliphatic heterocycles. The molecule has 0 aliphatic carbocycles. The lowest BCUT2D eigenvalue weighted by molar-refractivity contribution is -0.116. The first-order valence-electron chi connectivity index (χ1n) is 13.9. The van der Waals surface area contributed by atoms with Crippen molar-refractivity contribution in [2.75, 3.05) is 25.5 Å². The van der Waals surface area contributed by atoms with Crippen molar-refractivity contribution >= 4 is 28.5 Å². The number of hydrogen-bond acceptors (Lipinski definition) is 4. The minimum Gasteiger partial charge on any atom is -0.496 e. The Bertz CT molecular complexity index is 1550. The molecule has 8 heteroatoms. The lowest BCUT2D eigenvalue weighted by Crippen LogP contribution is -2.38. The number of imidazole rings is 1. The molecule has 0 radical (unpaired) electrons. The summed E-state index contributed by atoms with van der Waals surface area (Å²) in [7, 11) is 1.65. The molecule has 1 saturated heterocycles. The number of anilines is 1. The summed E-state index contributed by atoms with van der Waals surface area (Å²) in [5.41, 5.74) is 6.13. The number of likely N-dealkylation sites (tertiary alicyclic amines) is 1. The van der Waals surface area contributed by atoms with Gasteiger partial charge in [0, 0.05) is 37.3 Å². The maximum absolute atomic E-state index is 13.1. The number of nitrogens with one attached hydrogen (secondary N) is 2. The van der Waals surface area contributed by atoms with Crippen LogP contribution in [0.25, 0.3) is 11.0 Å². The molecule has 2 N–H and O–H groups in total. The van der Waals surface area contributed by atoms with Crippen LogP contribution >= 0.6 is 0 Å². The standard InChI is InChI=1S/C32H36N4O4/c1-21-19-25(20-22(2)30(21)40-3)31(38)35-17-14-24(15-18-35)23-10-12-26(13-11-23)33-29(37)9-6-16-36-28-8-5-4-7-27(28)34-32(36)39/h4-5,7-8,10-13,19-20,24H,6,9,14-18H2,1-3H3,(H,33,37)(H,34,39). The van der Waals surface area contributed by atoms with Crippen molar-refractivity contribution in [2.24, 2.45) is 0 Å². The molecule has 2 amide bonds. The third kappa shape index (κ3) is 5.81. The van der Waals surface area contributed by atoms with Gasteiger partial charge in [-0.15, -0.1) is 0 Å². The lowest BCUT2D eigenvalue weighted by Gasteiger charge is -2.32. The van der Waals surface area contributed by atoms with Crippen LogP contribution in [0.15, 0.2) is 65.5 Å². The molecule has 1 aromatic heterocycles. The molecule has 1 fully saturated rings. The number of para-hydroxylation sites is 2. The zero-order valence-electron chi connectivity index (χ0n) is 23.3. The van der Waals surface area contributed by atoms with Crippen molar-refractivity contribution < 1.29 is 14.3 Å². The number of aryl methyl sites for hydroxylation is 3. The average molecular weight is 541 g/mol. The molecule has 3 aromatic carbocycles. The summed E-state index contributed by atoms with van der Waals surface area (Å²) in [6, 6.07) is 19.4. The number of nitrogens with zero attached hydrogens (tertiary/aromatic N) is 2. The van der Waals surface area contributed by atoms with Gasteiger partial charge in [-0.3, -0.25) is 14.2 Å². The topological polar surface area (TPSA) is 96.4 Å². The van der Waals surface area contributed by atoms with E-state index in [-0.39, 0.29) is 17.5 Å². The molecule has 2 heterocycles. The number of rotatable bonds is 8. The number of carbonyl (C=O) groups is 2. The van der Waals surface area contributed by atoms with E-state index in [9.17, 15) is 14.4 Å². The number of amides is 2. The fraction of sp³-hybridized carbons (Fsp3) is 0.344. The van der Waals surface area contributed by atoms with E-state index >= 15 is 0 Å². The van der Waals surface area contributed by atoms with Gasteiger partial charge in [0.25, 0.3) is 5.91 Å². The maximum Gasteiger partial charge on any atom is 0.326 e. The van der Waals surface area contributed by atoms with Crippen LogP contribution < -0.4 is 15.7 Å². The van der Waals surface area contributed by atoms with Crippen molar-refractivity contribution in [1.29, 1.82) is 0 Å². The van der Waals surface area contributed by atoms with Crippen LogP contribution in [0.1, 0.15) is 58.6 Å². The van der Waals surface area contributed by atoms with Crippen molar-refractivity contribution in [3.05, 3.63) is 93.4 Å². The summed E-state index contributed by atoms with van der Waals surface area (Å²) < 4.78 is 7.11. The fourth-order valence-corrected chi connectivity index (χ4v) is 5.78. The van der Waals surface area contributed by atoms with Gasteiger partial charge in [0.1, 0.15) is 5.75 Å². The van der Waals surface area contributed by atoms with Crippen LogP contribution in [0.4, 0.5) is 5.69 Å². The third-order valence-electron chi connectivity index (χ3n) is 7.83. The van der Waals surface area contributed by atoms with Crippen LogP contribution in [-0.4, -0.2) is 46.5 Å². The number of hydrogen-bond donors (Lipinski definition) is 2. The summed E-state index contributed by atoms with van der Waals surface area (Å²) in [5, 5.41) is 2.97. The summed E-state index contributed by atoms with van der Waals surface area (Å²) >= 11 is 0. The van der Waals surface area contributed by atoms with Gasteiger partial charge < -0.3 is 19.9 Å². The number of benzene rings is 3. The number of methoxy groups -OCH3 is 1. The van der Waals surface area contributed by atoms with Crippen molar-refractivity contribution in [2.45, 2.75) is 52.0 Å². The third-order valence-corrected chi connectivity index (χ3v) is 7.83.